The fourth-order valence-electron chi connectivity index (χ4n) is 2.01. The number of nitrogens with zero attached hydrogens (tertiary/aromatic N) is 2. The van der Waals surface area contributed by atoms with Crippen LogP contribution in [0.25, 0.3) is 0 Å². The predicted molar refractivity (Wildman–Crippen MR) is 108 cm³/mol. The van der Waals surface area contributed by atoms with Crippen LogP contribution in [0.2, 0.25) is 10.0 Å². The summed E-state index contributed by atoms with van der Waals surface area (Å²) >= 11 is 13.1. The van der Waals surface area contributed by atoms with Crippen molar-refractivity contribution in [2.75, 3.05) is 18.2 Å². The van der Waals surface area contributed by atoms with E-state index in [0.717, 1.165) is 11.8 Å². The molecule has 2 rings (SSSR count). The number of nitriles is 2. The van der Waals surface area contributed by atoms with Crippen LogP contribution in [0.1, 0.15) is 10.4 Å². The molecule has 0 unspecified atom stereocenters. The zero-order valence-electron chi connectivity index (χ0n) is 14.1. The van der Waals surface area contributed by atoms with Gasteiger partial charge in [0, 0.05) is 10.6 Å². The minimum absolute atomic E-state index is 0.0345. The number of benzene rings is 2. The van der Waals surface area contributed by atoms with Gasteiger partial charge in [0.2, 0.25) is 0 Å². The second-order valence-corrected chi connectivity index (χ2v) is 6.95. The first kappa shape index (κ1) is 20.7. The maximum Gasteiger partial charge on any atom is 0.173 e. The highest BCUT2D eigenvalue weighted by atomic mass is 35.5. The largest absolute Gasteiger partial charge is 0.497 e. The first-order valence-electron chi connectivity index (χ1n) is 7.55. The van der Waals surface area contributed by atoms with Crippen LogP contribution in [0, 0.1) is 22.7 Å². The molecule has 0 amide bonds. The number of halogens is 2. The second kappa shape index (κ2) is 9.89. The van der Waals surface area contributed by atoms with Gasteiger partial charge in [0.1, 0.15) is 22.9 Å². The van der Waals surface area contributed by atoms with E-state index in [1.807, 2.05) is 12.1 Å². The highest BCUT2D eigenvalue weighted by Gasteiger charge is 2.14. The van der Waals surface area contributed by atoms with Gasteiger partial charge in [0.25, 0.3) is 0 Å². The molecule has 2 aromatic carbocycles. The molecule has 0 bridgehead atoms. The van der Waals surface area contributed by atoms with Crippen LogP contribution >= 0.6 is 35.0 Å². The van der Waals surface area contributed by atoms with Crippen LogP contribution < -0.4 is 10.1 Å². The van der Waals surface area contributed by atoms with Gasteiger partial charge in [-0.1, -0.05) is 35.0 Å². The van der Waals surface area contributed by atoms with E-state index < -0.39 is 0 Å². The van der Waals surface area contributed by atoms with Gasteiger partial charge < -0.3 is 10.1 Å². The van der Waals surface area contributed by atoms with E-state index in [4.69, 9.17) is 27.9 Å². The van der Waals surface area contributed by atoms with Crippen LogP contribution in [-0.4, -0.2) is 18.6 Å². The average molecular weight is 418 g/mol. The number of carbonyl (C=O) groups is 1. The number of rotatable bonds is 7. The zero-order chi connectivity index (χ0) is 19.8. The summed E-state index contributed by atoms with van der Waals surface area (Å²) in [6, 6.07) is 15.1. The molecular formula is C19H13Cl2N3O2S. The molecule has 5 nitrogen and oxygen atoms in total. The van der Waals surface area contributed by atoms with E-state index >= 15 is 0 Å². The fraction of sp³-hybridized carbons (Fsp3) is 0.105. The Kier molecular flexibility index (Phi) is 7.57. The zero-order valence-corrected chi connectivity index (χ0v) is 16.5. The van der Waals surface area contributed by atoms with E-state index in [0.29, 0.717) is 27.0 Å². The quantitative estimate of drug-likeness (QED) is 0.486. The minimum Gasteiger partial charge on any atom is -0.497 e. The lowest BCUT2D eigenvalue weighted by Crippen LogP contribution is -2.07. The molecule has 0 atom stereocenters. The summed E-state index contributed by atoms with van der Waals surface area (Å²) in [5.41, 5.74) is 0.833. The van der Waals surface area contributed by atoms with E-state index in [1.165, 1.54) is 6.07 Å². The normalized spacial score (nSPS) is 9.67. The summed E-state index contributed by atoms with van der Waals surface area (Å²) < 4.78 is 5.07. The number of Topliss-reactive ketones (excluding diaryl/α,β-unsaturated/α-hetero) is 1. The van der Waals surface area contributed by atoms with Gasteiger partial charge in [0.15, 0.2) is 11.4 Å². The first-order valence-corrected chi connectivity index (χ1v) is 9.29. The number of ketones is 1. The van der Waals surface area contributed by atoms with Crippen molar-refractivity contribution < 1.29 is 9.53 Å². The molecule has 2 aromatic rings. The minimum atomic E-state index is -0.153. The third-order valence-electron chi connectivity index (χ3n) is 3.39. The fourth-order valence-corrected chi connectivity index (χ4v) is 3.32. The topological polar surface area (TPSA) is 85.9 Å². The number of hydrogen-bond acceptors (Lipinski definition) is 6. The summed E-state index contributed by atoms with van der Waals surface area (Å²) in [4.78, 5) is 12.4. The molecule has 0 saturated heterocycles. The van der Waals surface area contributed by atoms with Crippen molar-refractivity contribution in [3.05, 3.63) is 68.7 Å². The summed E-state index contributed by atoms with van der Waals surface area (Å²) in [6.45, 7) is 0. The lowest BCUT2D eigenvalue weighted by molar-refractivity contribution is 0.102. The molecule has 1 N–H and O–H groups in total. The number of nitrogens with one attached hydrogen (secondary N) is 1. The summed E-state index contributed by atoms with van der Waals surface area (Å²) in [7, 11) is 1.54. The van der Waals surface area contributed by atoms with Crippen molar-refractivity contribution in [3.63, 3.8) is 0 Å². The summed E-state index contributed by atoms with van der Waals surface area (Å²) in [5, 5.41) is 22.3. The third kappa shape index (κ3) is 5.67. The molecule has 27 heavy (non-hydrogen) atoms. The van der Waals surface area contributed by atoms with Crippen molar-refractivity contribution in [1.29, 1.82) is 10.5 Å². The highest BCUT2D eigenvalue weighted by Crippen LogP contribution is 2.30. The maximum atomic E-state index is 12.4. The Labute approximate surface area is 171 Å². The maximum absolute atomic E-state index is 12.4. The van der Waals surface area contributed by atoms with Crippen LogP contribution in [0.3, 0.4) is 0 Å². The van der Waals surface area contributed by atoms with E-state index in [1.54, 1.807) is 43.5 Å². The Bertz CT molecular complexity index is 944. The number of methoxy groups -OCH3 is 1. The van der Waals surface area contributed by atoms with Gasteiger partial charge in [-0.05, 0) is 42.5 Å². The molecular weight excluding hydrogens is 405 g/mol. The van der Waals surface area contributed by atoms with Crippen molar-refractivity contribution in [2.45, 2.75) is 0 Å². The van der Waals surface area contributed by atoms with Crippen LogP contribution in [0.5, 0.6) is 5.75 Å². The molecule has 0 aliphatic heterocycles. The number of allylic oxidation sites excluding steroid dienone is 1. The monoisotopic (exact) mass is 417 g/mol. The van der Waals surface area contributed by atoms with Gasteiger partial charge in [0.05, 0.1) is 23.6 Å². The van der Waals surface area contributed by atoms with Crippen molar-refractivity contribution in [3.8, 4) is 17.9 Å². The first-order chi connectivity index (χ1) is 13.0. The Morgan fingerprint density at radius 2 is 1.81 bits per heavy atom. The highest BCUT2D eigenvalue weighted by molar-refractivity contribution is 8.03. The van der Waals surface area contributed by atoms with E-state index in [9.17, 15) is 15.3 Å². The van der Waals surface area contributed by atoms with Gasteiger partial charge in [-0.25, -0.2) is 0 Å². The Balaban J connectivity index is 2.18. The third-order valence-corrected chi connectivity index (χ3v) is 4.94. The molecule has 8 heteroatoms. The Morgan fingerprint density at radius 3 is 2.37 bits per heavy atom. The van der Waals surface area contributed by atoms with Gasteiger partial charge >= 0.3 is 0 Å². The Hall–Kier alpha value is -2.64. The summed E-state index contributed by atoms with van der Waals surface area (Å²) in [6.07, 6.45) is 0. The average Bonchev–Trinajstić information content (AvgIpc) is 2.68. The van der Waals surface area contributed by atoms with Crippen LogP contribution in [0.4, 0.5) is 5.69 Å². The predicted octanol–water partition coefficient (Wildman–Crippen LogP) is 5.29. The SMILES string of the molecule is COc1ccc(C(=O)CSC(Nc2ccc(Cl)cc2Cl)=C(C#N)C#N)cc1. The van der Waals surface area contributed by atoms with E-state index in [2.05, 4.69) is 5.32 Å². The number of ether oxygens (including phenoxy) is 1. The molecule has 0 spiro atoms. The molecule has 0 aromatic heterocycles. The molecule has 0 radical (unpaired) electrons. The Morgan fingerprint density at radius 1 is 1.15 bits per heavy atom. The number of thioether (sulfide) groups is 1. The van der Waals surface area contributed by atoms with Crippen molar-refractivity contribution in [2.24, 2.45) is 0 Å². The van der Waals surface area contributed by atoms with Crippen molar-refractivity contribution >= 4 is 46.4 Å². The lowest BCUT2D eigenvalue weighted by Gasteiger charge is -2.12. The van der Waals surface area contributed by atoms with Gasteiger partial charge in [-0.2, -0.15) is 10.5 Å². The second-order valence-electron chi connectivity index (χ2n) is 5.12. The standard InChI is InChI=1S/C19H13Cl2N3O2S/c1-26-15-5-2-12(3-6-15)18(25)11-27-19(13(9-22)10-23)24-17-7-4-14(20)8-16(17)21/h2-8,24H,11H2,1H3. The van der Waals surface area contributed by atoms with Crippen LogP contribution in [0.15, 0.2) is 53.1 Å². The number of anilines is 1. The molecule has 136 valence electrons. The molecule has 0 saturated carbocycles. The molecule has 0 aliphatic carbocycles. The summed E-state index contributed by atoms with van der Waals surface area (Å²) in [5.74, 6) is 0.529. The smallest absolute Gasteiger partial charge is 0.173 e. The molecule has 0 aliphatic rings. The molecule has 0 fully saturated rings. The van der Waals surface area contributed by atoms with E-state index in [-0.39, 0.29) is 22.1 Å². The number of hydrogen-bond donors (Lipinski definition) is 1. The van der Waals surface area contributed by atoms with Gasteiger partial charge in [-0.15, -0.1) is 0 Å². The van der Waals surface area contributed by atoms with Crippen LogP contribution in [-0.2, 0) is 0 Å². The number of carbonyl (C=O) groups excluding carboxylic acids is 1. The van der Waals surface area contributed by atoms with Gasteiger partial charge in [-0.3, -0.25) is 4.79 Å². The molecule has 0 heterocycles. The lowest BCUT2D eigenvalue weighted by atomic mass is 10.1. The van der Waals surface area contributed by atoms with Crippen molar-refractivity contribution in [1.82, 2.24) is 0 Å².